The Bertz CT molecular complexity index is 1510. The second-order valence-electron chi connectivity index (χ2n) is 9.09. The number of anilines is 1. The molecule has 0 aromatic heterocycles. The summed E-state index contributed by atoms with van der Waals surface area (Å²) in [5.41, 5.74) is 6.81. The van der Waals surface area contributed by atoms with E-state index in [1.165, 1.54) is 16.7 Å². The number of carbonyl (C=O) groups is 1. The Morgan fingerprint density at radius 2 is 1.32 bits per heavy atom. The zero-order chi connectivity index (χ0) is 25.8. The maximum absolute atomic E-state index is 12.7. The van der Waals surface area contributed by atoms with Gasteiger partial charge in [0.15, 0.2) is 15.0 Å². The van der Waals surface area contributed by atoms with Crippen molar-refractivity contribution in [3.8, 4) is 0 Å². The van der Waals surface area contributed by atoms with Gasteiger partial charge in [-0.05, 0) is 59.5 Å². The lowest BCUT2D eigenvalue weighted by atomic mass is 9.82. The predicted molar refractivity (Wildman–Crippen MR) is 163 cm³/mol. The van der Waals surface area contributed by atoms with Crippen molar-refractivity contribution in [1.82, 2.24) is 0 Å². The van der Waals surface area contributed by atoms with Crippen LogP contribution in [0.3, 0.4) is 0 Å². The molecular formula is C30H22Br2N2OS2. The Morgan fingerprint density at radius 3 is 1.89 bits per heavy atom. The van der Waals surface area contributed by atoms with E-state index in [4.69, 9.17) is 5.10 Å². The number of fused-ring (bicyclic) bond motifs is 2. The topological polar surface area (TPSA) is 32.7 Å². The van der Waals surface area contributed by atoms with Crippen LogP contribution in [-0.2, 0) is 13.7 Å². The SMILES string of the molecule is CC(=O)C1=NN(c2ccccc2C)[C@]2(S1)SC(c1ccc(Br)cc1)(c1ccc(Br)cc1)c1ccccc12. The van der Waals surface area contributed by atoms with E-state index in [2.05, 4.69) is 129 Å². The lowest BCUT2D eigenvalue weighted by molar-refractivity contribution is -0.110. The molecule has 1 spiro atoms. The quantitative estimate of drug-likeness (QED) is 0.221. The molecule has 7 heteroatoms. The van der Waals surface area contributed by atoms with E-state index in [0.29, 0.717) is 5.04 Å². The van der Waals surface area contributed by atoms with Crippen LogP contribution in [0.25, 0.3) is 0 Å². The molecule has 0 fully saturated rings. The second kappa shape index (κ2) is 9.45. The standard InChI is InChI=1S/C30H22Br2N2OS2/c1-19-7-3-6-10-27(19)34-30(36-28(33-34)20(2)35)26-9-5-4-8-25(26)29(37-30,21-11-15-23(31)16-12-21)22-13-17-24(32)18-14-22/h3-18H,1-2H3/t30-/m1/s1. The maximum atomic E-state index is 12.7. The van der Waals surface area contributed by atoms with Crippen molar-refractivity contribution in [2.75, 3.05) is 5.01 Å². The number of benzene rings is 4. The summed E-state index contributed by atoms with van der Waals surface area (Å²) in [7, 11) is 0. The number of ketones is 1. The molecular weight excluding hydrogens is 628 g/mol. The van der Waals surface area contributed by atoms with Crippen LogP contribution in [0.1, 0.15) is 34.7 Å². The van der Waals surface area contributed by atoms with Gasteiger partial charge in [-0.25, -0.2) is 5.01 Å². The summed E-state index contributed by atoms with van der Waals surface area (Å²) >= 11 is 10.6. The van der Waals surface area contributed by atoms with Crippen molar-refractivity contribution in [1.29, 1.82) is 0 Å². The van der Waals surface area contributed by atoms with Gasteiger partial charge in [-0.3, -0.25) is 4.79 Å². The van der Waals surface area contributed by atoms with Crippen molar-refractivity contribution in [3.63, 3.8) is 0 Å². The largest absolute Gasteiger partial charge is 0.292 e. The van der Waals surface area contributed by atoms with Gasteiger partial charge in [-0.1, -0.05) is 122 Å². The van der Waals surface area contributed by atoms with E-state index in [1.54, 1.807) is 18.7 Å². The van der Waals surface area contributed by atoms with E-state index in [0.717, 1.165) is 25.8 Å². The molecule has 6 rings (SSSR count). The number of aryl methyl sites for hydroxylation is 1. The molecule has 0 saturated carbocycles. The van der Waals surface area contributed by atoms with Crippen molar-refractivity contribution in [2.24, 2.45) is 5.10 Å². The summed E-state index contributed by atoms with van der Waals surface area (Å²) < 4.78 is 0.886. The molecule has 0 N–H and O–H groups in total. The van der Waals surface area contributed by atoms with E-state index >= 15 is 0 Å². The van der Waals surface area contributed by atoms with Gasteiger partial charge in [-0.15, -0.1) is 0 Å². The minimum Gasteiger partial charge on any atom is -0.292 e. The van der Waals surface area contributed by atoms with Gasteiger partial charge in [-0.2, -0.15) is 5.10 Å². The van der Waals surface area contributed by atoms with Gasteiger partial charge in [0.05, 0.1) is 10.4 Å². The minimum atomic E-state index is -0.663. The van der Waals surface area contributed by atoms with Gasteiger partial charge in [0.1, 0.15) is 0 Å². The molecule has 0 saturated heterocycles. The number of hydrogen-bond donors (Lipinski definition) is 0. The molecule has 2 heterocycles. The molecule has 2 aliphatic rings. The molecule has 0 unspecified atom stereocenters. The van der Waals surface area contributed by atoms with Crippen LogP contribution in [0.15, 0.2) is 111 Å². The third-order valence-electron chi connectivity index (χ3n) is 6.79. The Hall–Kier alpha value is -2.32. The molecule has 3 nitrogen and oxygen atoms in total. The summed E-state index contributed by atoms with van der Waals surface area (Å²) in [4.78, 5) is 12.7. The first-order valence-electron chi connectivity index (χ1n) is 11.8. The molecule has 0 aliphatic carbocycles. The number of thioether (sulfide) groups is 2. The van der Waals surface area contributed by atoms with Crippen molar-refractivity contribution in [2.45, 2.75) is 22.8 Å². The number of halogens is 2. The fourth-order valence-electron chi connectivity index (χ4n) is 5.09. The molecule has 4 aromatic carbocycles. The highest BCUT2D eigenvalue weighted by atomic mass is 79.9. The Labute approximate surface area is 242 Å². The number of hydrazone groups is 1. The fraction of sp³-hybridized carbons (Fsp3) is 0.133. The van der Waals surface area contributed by atoms with Crippen molar-refractivity contribution < 1.29 is 4.79 Å². The number of nitrogens with zero attached hydrogens (tertiary/aromatic N) is 2. The van der Waals surface area contributed by atoms with Crippen LogP contribution in [-0.4, -0.2) is 10.8 Å². The van der Waals surface area contributed by atoms with Gasteiger partial charge in [0.25, 0.3) is 0 Å². The molecule has 0 amide bonds. The minimum absolute atomic E-state index is 0.0247. The maximum Gasteiger partial charge on any atom is 0.187 e. The van der Waals surface area contributed by atoms with Crippen LogP contribution in [0, 0.1) is 6.92 Å². The van der Waals surface area contributed by atoms with Crippen LogP contribution in [0.4, 0.5) is 5.69 Å². The molecule has 0 bridgehead atoms. The molecule has 1 atom stereocenters. The Kier molecular flexibility index (Phi) is 6.38. The number of Topliss-reactive ketones (excluding diaryl/α,β-unsaturated/α-hetero) is 1. The normalized spacial score (nSPS) is 19.7. The zero-order valence-electron chi connectivity index (χ0n) is 20.1. The average molecular weight is 650 g/mol. The highest BCUT2D eigenvalue weighted by molar-refractivity contribution is 9.10. The highest BCUT2D eigenvalue weighted by Gasteiger charge is 2.61. The summed E-state index contributed by atoms with van der Waals surface area (Å²) in [5.74, 6) is -0.0247. The van der Waals surface area contributed by atoms with Crippen LogP contribution in [0.2, 0.25) is 0 Å². The highest BCUT2D eigenvalue weighted by Crippen LogP contribution is 2.71. The number of hydrogen-bond acceptors (Lipinski definition) is 5. The summed E-state index contributed by atoms with van der Waals surface area (Å²) in [6.45, 7) is 3.69. The van der Waals surface area contributed by atoms with Crippen LogP contribution >= 0.6 is 55.4 Å². The second-order valence-corrected chi connectivity index (χ2v) is 13.8. The fourth-order valence-corrected chi connectivity index (χ4v) is 9.16. The van der Waals surface area contributed by atoms with Crippen LogP contribution in [0.5, 0.6) is 0 Å². The first kappa shape index (κ1) is 25.0. The van der Waals surface area contributed by atoms with Gasteiger partial charge in [0, 0.05) is 21.4 Å². The Balaban J connectivity index is 1.66. The third-order valence-corrected chi connectivity index (χ3v) is 11.2. The molecule has 0 radical (unpaired) electrons. The third kappa shape index (κ3) is 3.94. The Morgan fingerprint density at radius 1 is 0.784 bits per heavy atom. The summed E-state index contributed by atoms with van der Waals surface area (Å²) in [6, 6.07) is 34.0. The van der Waals surface area contributed by atoms with Gasteiger partial charge in [0.2, 0.25) is 0 Å². The van der Waals surface area contributed by atoms with Crippen molar-refractivity contribution >= 4 is 71.9 Å². The van der Waals surface area contributed by atoms with Gasteiger partial charge >= 0.3 is 0 Å². The van der Waals surface area contributed by atoms with Crippen LogP contribution < -0.4 is 5.01 Å². The average Bonchev–Trinajstić information content (AvgIpc) is 3.43. The molecule has 37 heavy (non-hydrogen) atoms. The van der Waals surface area contributed by atoms with Crippen molar-refractivity contribution in [3.05, 3.63) is 134 Å². The van der Waals surface area contributed by atoms with E-state index < -0.39 is 8.95 Å². The molecule has 184 valence electrons. The van der Waals surface area contributed by atoms with Gasteiger partial charge < -0.3 is 0 Å². The number of rotatable bonds is 4. The first-order valence-corrected chi connectivity index (χ1v) is 15.0. The predicted octanol–water partition coefficient (Wildman–Crippen LogP) is 8.82. The van der Waals surface area contributed by atoms with E-state index in [1.807, 2.05) is 23.9 Å². The number of para-hydroxylation sites is 1. The van der Waals surface area contributed by atoms with E-state index in [-0.39, 0.29) is 5.78 Å². The summed E-state index contributed by atoms with van der Waals surface area (Å²) in [5, 5.41) is 7.56. The first-order chi connectivity index (χ1) is 17.8. The number of carbonyl (C=O) groups excluding carboxylic acids is 1. The summed E-state index contributed by atoms with van der Waals surface area (Å²) in [6.07, 6.45) is 0. The molecule has 2 aliphatic heterocycles. The van der Waals surface area contributed by atoms with E-state index in [9.17, 15) is 4.79 Å². The molecule has 4 aromatic rings. The smallest absolute Gasteiger partial charge is 0.187 e. The lowest BCUT2D eigenvalue weighted by Gasteiger charge is -2.37. The lowest BCUT2D eigenvalue weighted by Crippen LogP contribution is -2.34. The monoisotopic (exact) mass is 648 g/mol. The zero-order valence-corrected chi connectivity index (χ0v) is 24.9.